The van der Waals surface area contributed by atoms with Crippen LogP contribution >= 0.6 is 22.7 Å². The monoisotopic (exact) mass is 1350 g/mol. The van der Waals surface area contributed by atoms with Crippen molar-refractivity contribution in [2.75, 3.05) is 0 Å². The first-order chi connectivity index (χ1) is 51.5. The Kier molecular flexibility index (Phi) is 12.9. The van der Waals surface area contributed by atoms with Crippen LogP contribution in [0.25, 0.3) is 164 Å². The first-order valence-electron chi connectivity index (χ1n) is 35.6. The van der Waals surface area contributed by atoms with Crippen LogP contribution in [0.4, 0.5) is 0 Å². The zero-order valence-corrected chi connectivity index (χ0v) is 57.7. The lowest BCUT2D eigenvalue weighted by Gasteiger charge is -2.30. The van der Waals surface area contributed by atoms with Gasteiger partial charge in [-0.05, 0) is 171 Å². The second-order valence-corrected chi connectivity index (χ2v) is 29.9. The van der Waals surface area contributed by atoms with Crippen LogP contribution in [0.3, 0.4) is 0 Å². The molecule has 4 heterocycles. The molecule has 0 bridgehead atoms. The van der Waals surface area contributed by atoms with E-state index in [1.165, 1.54) is 108 Å². The molecule has 6 heteroatoms. The molecule has 22 rings (SSSR count). The van der Waals surface area contributed by atoms with Gasteiger partial charge in [0.15, 0.2) is 11.6 Å². The SMILES string of the molecule is c1ccc(-c2cc(-c3cccc(-c4ccc5c(c4)C4(c6ccccc6-5)c5ccccc5-c5sc6ccccc6c54)c3)nc(-c3ccc(-c4ccc(-c5cc(-c6ccccc6)nc(-c6ccccc6)n5)c(-c5ccc6c(c5)-c5sc7ccccc7c5C65c6ccccc6-c6ccccc65)c4)cc3)n2)cc1. The molecule has 4 aliphatic carbocycles. The summed E-state index contributed by atoms with van der Waals surface area (Å²) >= 11 is 3.83. The molecule has 0 amide bonds. The van der Waals surface area contributed by atoms with Crippen molar-refractivity contribution in [2.24, 2.45) is 0 Å². The summed E-state index contributed by atoms with van der Waals surface area (Å²) in [4.78, 5) is 24.3. The van der Waals surface area contributed by atoms with E-state index < -0.39 is 10.8 Å². The average Bonchev–Trinajstić information content (AvgIpc) is 1.50. The Bertz CT molecular complexity index is 6500. The molecule has 0 radical (unpaired) electrons. The Morgan fingerprint density at radius 2 is 0.558 bits per heavy atom. The van der Waals surface area contributed by atoms with Gasteiger partial charge in [0.1, 0.15) is 0 Å². The summed E-state index contributed by atoms with van der Waals surface area (Å²) < 4.78 is 2.61. The van der Waals surface area contributed by atoms with E-state index in [4.69, 9.17) is 19.9 Å². The first kappa shape index (κ1) is 58.9. The van der Waals surface area contributed by atoms with Gasteiger partial charge in [0.25, 0.3) is 0 Å². The van der Waals surface area contributed by atoms with Crippen molar-refractivity contribution in [1.82, 2.24) is 19.9 Å². The molecule has 104 heavy (non-hydrogen) atoms. The number of thiophene rings is 2. The highest BCUT2D eigenvalue weighted by molar-refractivity contribution is 7.23. The third kappa shape index (κ3) is 8.58. The van der Waals surface area contributed by atoms with Crippen LogP contribution in [0.15, 0.2) is 352 Å². The summed E-state index contributed by atoms with van der Waals surface area (Å²) in [7, 11) is 0. The maximum absolute atomic E-state index is 5.50. The number of aromatic nitrogens is 4. The minimum atomic E-state index is -0.490. The topological polar surface area (TPSA) is 51.6 Å². The zero-order valence-electron chi connectivity index (χ0n) is 56.1. The molecule has 0 aliphatic heterocycles. The Hall–Kier alpha value is -12.8. The third-order valence-corrected chi connectivity index (χ3v) is 24.8. The van der Waals surface area contributed by atoms with Crippen molar-refractivity contribution in [1.29, 1.82) is 0 Å². The maximum atomic E-state index is 5.50. The van der Waals surface area contributed by atoms with Crippen molar-refractivity contribution < 1.29 is 0 Å². The fourth-order valence-corrected chi connectivity index (χ4v) is 20.5. The molecular formula is C98H58N4S2. The predicted octanol–water partition coefficient (Wildman–Crippen LogP) is 25.4. The van der Waals surface area contributed by atoms with Crippen molar-refractivity contribution in [3.63, 3.8) is 0 Å². The molecule has 4 aliphatic rings. The summed E-state index contributed by atoms with van der Waals surface area (Å²) in [5.74, 6) is 1.33. The lowest BCUT2D eigenvalue weighted by molar-refractivity contribution is 0.803. The number of rotatable bonds is 9. The van der Waals surface area contributed by atoms with E-state index in [-0.39, 0.29) is 0 Å². The Morgan fingerprint density at radius 3 is 1.15 bits per heavy atom. The Labute approximate surface area is 610 Å². The summed E-state index contributed by atoms with van der Waals surface area (Å²) in [6.45, 7) is 0. The van der Waals surface area contributed by atoms with E-state index in [0.717, 1.165) is 89.5 Å². The van der Waals surface area contributed by atoms with E-state index in [0.29, 0.717) is 11.6 Å². The van der Waals surface area contributed by atoms with E-state index in [9.17, 15) is 0 Å². The molecule has 0 saturated heterocycles. The van der Waals surface area contributed by atoms with Gasteiger partial charge in [0, 0.05) is 52.5 Å². The van der Waals surface area contributed by atoms with Crippen LogP contribution in [-0.4, -0.2) is 19.9 Å². The molecule has 4 nitrogen and oxygen atoms in total. The Balaban J connectivity index is 0.676. The fourth-order valence-electron chi connectivity index (χ4n) is 17.9. The Morgan fingerprint density at radius 1 is 0.192 bits per heavy atom. The second kappa shape index (κ2) is 22.8. The molecule has 18 aromatic rings. The zero-order chi connectivity index (χ0) is 68.2. The molecule has 4 aromatic heterocycles. The summed E-state index contributed by atoms with van der Waals surface area (Å²) in [6.07, 6.45) is 0. The van der Waals surface area contributed by atoms with E-state index in [1.54, 1.807) is 0 Å². The summed E-state index contributed by atoms with van der Waals surface area (Å²) in [5, 5.41) is 2.64. The van der Waals surface area contributed by atoms with Crippen LogP contribution in [0, 0.1) is 0 Å². The molecule has 2 spiro atoms. The van der Waals surface area contributed by atoms with Crippen LogP contribution in [0.1, 0.15) is 44.5 Å². The third-order valence-electron chi connectivity index (χ3n) is 22.4. The quantitative estimate of drug-likeness (QED) is 0.145. The van der Waals surface area contributed by atoms with Gasteiger partial charge < -0.3 is 0 Å². The smallest absolute Gasteiger partial charge is 0.160 e. The highest BCUT2D eigenvalue weighted by atomic mass is 32.1. The fraction of sp³-hybridized carbons (Fsp3) is 0.0204. The molecule has 0 saturated carbocycles. The molecule has 0 N–H and O–H groups in total. The standard InChI is InChI=1S/C98H58N4S2/c1-4-23-60(24-5-1)85-57-87(68-30-22-29-64(53-68)66-47-50-72-71-33-12-18-39-81(71)98(84(72)56-66)82-40-19-13-34-74(82)93-91(98)75-35-14-20-41-89(75)103-93)101-96(99-85)63-45-43-59(44-46-63)65-48-51-73(88-58-86(61-25-6-2-7-26-61)100-95(102-88)62-27-8-3-9-28-62)77(54-65)67-49-52-83-78(55-67)94-92(76-36-15-21-42-90(76)104-94)97(83)79-37-16-10-31-69(79)70-32-11-17-38-80(70)97/h1-58H. The van der Waals surface area contributed by atoms with E-state index >= 15 is 0 Å². The van der Waals surface area contributed by atoms with Gasteiger partial charge in [0.05, 0.1) is 33.6 Å². The van der Waals surface area contributed by atoms with Crippen LogP contribution in [0.5, 0.6) is 0 Å². The number of hydrogen-bond acceptors (Lipinski definition) is 6. The van der Waals surface area contributed by atoms with Crippen molar-refractivity contribution >= 4 is 42.8 Å². The number of nitrogens with zero attached hydrogens (tertiary/aromatic N) is 4. The van der Waals surface area contributed by atoms with Crippen LogP contribution < -0.4 is 0 Å². The number of hydrogen-bond donors (Lipinski definition) is 0. The van der Waals surface area contributed by atoms with Gasteiger partial charge in [-0.15, -0.1) is 22.7 Å². The van der Waals surface area contributed by atoms with Gasteiger partial charge in [-0.25, -0.2) is 19.9 Å². The van der Waals surface area contributed by atoms with Gasteiger partial charge >= 0.3 is 0 Å². The van der Waals surface area contributed by atoms with Gasteiger partial charge in [0.2, 0.25) is 0 Å². The lowest BCUT2D eigenvalue weighted by atomic mass is 9.70. The maximum Gasteiger partial charge on any atom is 0.160 e. The first-order valence-corrected chi connectivity index (χ1v) is 37.2. The van der Waals surface area contributed by atoms with Crippen molar-refractivity contribution in [3.8, 4) is 144 Å². The van der Waals surface area contributed by atoms with Gasteiger partial charge in [-0.3, -0.25) is 0 Å². The van der Waals surface area contributed by atoms with Crippen LogP contribution in [-0.2, 0) is 10.8 Å². The van der Waals surface area contributed by atoms with Crippen molar-refractivity contribution in [2.45, 2.75) is 10.8 Å². The van der Waals surface area contributed by atoms with Gasteiger partial charge in [-0.2, -0.15) is 0 Å². The largest absolute Gasteiger partial charge is 0.228 e. The van der Waals surface area contributed by atoms with Crippen LogP contribution in [0.2, 0.25) is 0 Å². The molecule has 1 atom stereocenters. The summed E-state index contributed by atoms with van der Waals surface area (Å²) in [5.41, 5.74) is 33.6. The van der Waals surface area contributed by atoms with Crippen molar-refractivity contribution in [3.05, 3.63) is 396 Å². The van der Waals surface area contributed by atoms with Gasteiger partial charge in [-0.1, -0.05) is 303 Å². The van der Waals surface area contributed by atoms with E-state index in [1.807, 2.05) is 28.7 Å². The lowest BCUT2D eigenvalue weighted by Crippen LogP contribution is -2.25. The normalized spacial score (nSPS) is 14.3. The molecular weight excluding hydrogens is 1300 g/mol. The average molecular weight is 1360 g/mol. The molecule has 1 unspecified atom stereocenters. The van der Waals surface area contributed by atoms with E-state index in [2.05, 4.69) is 346 Å². The molecule has 14 aromatic carbocycles. The number of benzene rings is 14. The highest BCUT2D eigenvalue weighted by Crippen LogP contribution is 2.68. The minimum absolute atomic E-state index is 0.467. The highest BCUT2D eigenvalue weighted by Gasteiger charge is 2.55. The molecule has 482 valence electrons. The number of fused-ring (bicyclic) bond motifs is 24. The predicted molar refractivity (Wildman–Crippen MR) is 430 cm³/mol. The molecule has 0 fully saturated rings. The second-order valence-electron chi connectivity index (χ2n) is 27.7. The minimum Gasteiger partial charge on any atom is -0.228 e. The summed E-state index contributed by atoms with van der Waals surface area (Å²) in [6, 6.07) is 129.